The van der Waals surface area contributed by atoms with Gasteiger partial charge < -0.3 is 5.11 Å². The predicted molar refractivity (Wildman–Crippen MR) is 74.2 cm³/mol. The molecule has 6 heteroatoms. The number of halogens is 1. The van der Waals surface area contributed by atoms with E-state index in [1.807, 2.05) is 0 Å². The van der Waals surface area contributed by atoms with Crippen LogP contribution < -0.4 is 4.72 Å². The van der Waals surface area contributed by atoms with Gasteiger partial charge in [0.05, 0.1) is 11.5 Å². The van der Waals surface area contributed by atoms with Gasteiger partial charge in [0.15, 0.2) is 0 Å². The van der Waals surface area contributed by atoms with E-state index in [9.17, 15) is 12.8 Å². The molecule has 0 spiro atoms. The van der Waals surface area contributed by atoms with Gasteiger partial charge in [0.2, 0.25) is 10.0 Å². The SMILES string of the molecule is CCCC1CC1NS(=O)(=O)c1cc(CO)cc(F)c1C. The second kappa shape index (κ2) is 5.79. The van der Waals surface area contributed by atoms with E-state index >= 15 is 0 Å². The normalized spacial score (nSPS) is 22.0. The fraction of sp³-hybridized carbons (Fsp3) is 0.571. The lowest BCUT2D eigenvalue weighted by molar-refractivity contribution is 0.281. The third-order valence-corrected chi connectivity index (χ3v) is 5.33. The summed E-state index contributed by atoms with van der Waals surface area (Å²) in [4.78, 5) is -0.0799. The van der Waals surface area contributed by atoms with Gasteiger partial charge in [0, 0.05) is 11.6 Å². The van der Waals surface area contributed by atoms with Crippen molar-refractivity contribution in [2.45, 2.75) is 50.7 Å². The lowest BCUT2D eigenvalue weighted by Crippen LogP contribution is -2.28. The van der Waals surface area contributed by atoms with Crippen molar-refractivity contribution in [1.29, 1.82) is 0 Å². The summed E-state index contributed by atoms with van der Waals surface area (Å²) in [5, 5.41) is 9.07. The molecular weight excluding hydrogens is 281 g/mol. The first-order valence-corrected chi connectivity index (χ1v) is 8.29. The highest BCUT2D eigenvalue weighted by Gasteiger charge is 2.39. The molecule has 0 bridgehead atoms. The lowest BCUT2D eigenvalue weighted by atomic mass is 10.1. The van der Waals surface area contributed by atoms with Crippen molar-refractivity contribution < 1.29 is 17.9 Å². The summed E-state index contributed by atoms with van der Waals surface area (Å²) in [6, 6.07) is 2.45. The monoisotopic (exact) mass is 301 g/mol. The van der Waals surface area contributed by atoms with Gasteiger partial charge in [-0.1, -0.05) is 13.3 Å². The van der Waals surface area contributed by atoms with E-state index in [1.165, 1.54) is 13.0 Å². The molecule has 1 saturated carbocycles. The molecule has 20 heavy (non-hydrogen) atoms. The van der Waals surface area contributed by atoms with E-state index in [1.54, 1.807) is 0 Å². The Balaban J connectivity index is 2.24. The molecule has 112 valence electrons. The molecule has 0 saturated heterocycles. The summed E-state index contributed by atoms with van der Waals surface area (Å²) in [5.41, 5.74) is 0.344. The van der Waals surface area contributed by atoms with Gasteiger partial charge in [-0.2, -0.15) is 0 Å². The summed E-state index contributed by atoms with van der Waals surface area (Å²) in [7, 11) is -3.74. The van der Waals surface area contributed by atoms with Crippen molar-refractivity contribution in [3.63, 3.8) is 0 Å². The molecule has 0 heterocycles. The van der Waals surface area contributed by atoms with Crippen LogP contribution >= 0.6 is 0 Å². The summed E-state index contributed by atoms with van der Waals surface area (Å²) in [6.45, 7) is 3.11. The van der Waals surface area contributed by atoms with Crippen LogP contribution in [0.5, 0.6) is 0 Å². The van der Waals surface area contributed by atoms with Gasteiger partial charge in [0.25, 0.3) is 0 Å². The van der Waals surface area contributed by atoms with Crippen LogP contribution in [0.15, 0.2) is 17.0 Å². The molecule has 2 atom stereocenters. The second-order valence-electron chi connectivity index (χ2n) is 5.37. The second-order valence-corrected chi connectivity index (χ2v) is 7.05. The van der Waals surface area contributed by atoms with Gasteiger partial charge in [-0.3, -0.25) is 0 Å². The van der Waals surface area contributed by atoms with Gasteiger partial charge in [-0.25, -0.2) is 17.5 Å². The molecule has 1 fully saturated rings. The number of hydrogen-bond acceptors (Lipinski definition) is 3. The molecule has 2 N–H and O–H groups in total. The molecule has 1 aliphatic carbocycles. The maximum Gasteiger partial charge on any atom is 0.241 e. The zero-order valence-corrected chi connectivity index (χ0v) is 12.5. The average Bonchev–Trinajstić information content (AvgIpc) is 3.09. The van der Waals surface area contributed by atoms with Gasteiger partial charge >= 0.3 is 0 Å². The van der Waals surface area contributed by atoms with Crippen LogP contribution in [-0.2, 0) is 16.6 Å². The van der Waals surface area contributed by atoms with Crippen LogP contribution in [-0.4, -0.2) is 19.6 Å². The van der Waals surface area contributed by atoms with Crippen LogP contribution in [0, 0.1) is 18.7 Å². The van der Waals surface area contributed by atoms with Crippen molar-refractivity contribution in [2.75, 3.05) is 0 Å². The van der Waals surface area contributed by atoms with Crippen molar-refractivity contribution in [3.05, 3.63) is 29.1 Å². The highest BCUT2D eigenvalue weighted by Crippen LogP contribution is 2.36. The molecule has 2 unspecified atom stereocenters. The summed E-state index contributed by atoms with van der Waals surface area (Å²) < 4.78 is 41.0. The minimum Gasteiger partial charge on any atom is -0.392 e. The van der Waals surface area contributed by atoms with Crippen molar-refractivity contribution in [2.24, 2.45) is 5.92 Å². The van der Waals surface area contributed by atoms with Crippen LogP contribution in [0.4, 0.5) is 4.39 Å². The van der Waals surface area contributed by atoms with E-state index < -0.39 is 15.8 Å². The fourth-order valence-electron chi connectivity index (χ4n) is 2.42. The van der Waals surface area contributed by atoms with Crippen molar-refractivity contribution >= 4 is 10.0 Å². The van der Waals surface area contributed by atoms with E-state index in [2.05, 4.69) is 11.6 Å². The van der Waals surface area contributed by atoms with Crippen LogP contribution in [0.3, 0.4) is 0 Å². The first-order valence-electron chi connectivity index (χ1n) is 6.81. The maximum atomic E-state index is 13.7. The van der Waals surface area contributed by atoms with E-state index in [0.717, 1.165) is 25.3 Å². The number of nitrogens with one attached hydrogen (secondary N) is 1. The van der Waals surface area contributed by atoms with E-state index in [0.29, 0.717) is 5.92 Å². The topological polar surface area (TPSA) is 66.4 Å². The highest BCUT2D eigenvalue weighted by molar-refractivity contribution is 7.89. The molecule has 0 aromatic heterocycles. The Morgan fingerprint density at radius 1 is 1.45 bits per heavy atom. The fourth-order valence-corrected chi connectivity index (χ4v) is 4.04. The lowest BCUT2D eigenvalue weighted by Gasteiger charge is -2.11. The first kappa shape index (κ1) is 15.4. The zero-order valence-electron chi connectivity index (χ0n) is 11.7. The third kappa shape index (κ3) is 3.19. The highest BCUT2D eigenvalue weighted by atomic mass is 32.2. The predicted octanol–water partition coefficient (Wildman–Crippen LogP) is 2.09. The Hall–Kier alpha value is -0.980. The molecule has 1 aromatic rings. The van der Waals surface area contributed by atoms with Crippen LogP contribution in [0.2, 0.25) is 0 Å². The number of benzene rings is 1. The Morgan fingerprint density at radius 3 is 2.75 bits per heavy atom. The summed E-state index contributed by atoms with van der Waals surface area (Å²) >= 11 is 0. The first-order chi connectivity index (χ1) is 9.39. The molecular formula is C14H20FNO3S. The minimum absolute atomic E-state index is 0.0415. The molecule has 0 amide bonds. The molecule has 0 aliphatic heterocycles. The third-order valence-electron chi connectivity index (χ3n) is 3.72. The smallest absolute Gasteiger partial charge is 0.241 e. The number of rotatable bonds is 6. The molecule has 2 rings (SSSR count). The van der Waals surface area contributed by atoms with Crippen molar-refractivity contribution in [1.82, 2.24) is 4.72 Å². The van der Waals surface area contributed by atoms with Crippen LogP contribution in [0.1, 0.15) is 37.3 Å². The maximum absolute atomic E-state index is 13.7. The summed E-state index contributed by atoms with van der Waals surface area (Å²) in [5.74, 6) is -0.223. The van der Waals surface area contributed by atoms with Gasteiger partial charge in [-0.15, -0.1) is 0 Å². The molecule has 1 aliphatic rings. The standard InChI is InChI=1S/C14H20FNO3S/c1-3-4-11-7-13(11)16-20(18,19)14-6-10(8-17)5-12(15)9(14)2/h5-6,11,13,16-17H,3-4,7-8H2,1-2H3. The van der Waals surface area contributed by atoms with Gasteiger partial charge in [-0.05, 0) is 43.4 Å². The van der Waals surface area contributed by atoms with E-state index in [4.69, 9.17) is 5.11 Å². The zero-order chi connectivity index (χ0) is 14.9. The Morgan fingerprint density at radius 2 is 2.15 bits per heavy atom. The Labute approximate surface area is 119 Å². The Kier molecular flexibility index (Phi) is 4.46. The van der Waals surface area contributed by atoms with Crippen LogP contribution in [0.25, 0.3) is 0 Å². The van der Waals surface area contributed by atoms with Gasteiger partial charge in [0.1, 0.15) is 5.82 Å². The molecule has 0 radical (unpaired) electrons. The average molecular weight is 301 g/mol. The summed E-state index contributed by atoms with van der Waals surface area (Å²) in [6.07, 6.45) is 2.86. The molecule has 1 aromatic carbocycles. The number of aliphatic hydroxyl groups is 1. The molecule has 4 nitrogen and oxygen atoms in total. The number of sulfonamides is 1. The van der Waals surface area contributed by atoms with Crippen molar-refractivity contribution in [3.8, 4) is 0 Å². The minimum atomic E-state index is -3.74. The largest absolute Gasteiger partial charge is 0.392 e. The van der Waals surface area contributed by atoms with E-state index in [-0.39, 0.29) is 28.7 Å². The Bertz CT molecular complexity index is 601. The number of aliphatic hydroxyl groups excluding tert-OH is 1. The quantitative estimate of drug-likeness (QED) is 0.845. The number of hydrogen-bond donors (Lipinski definition) is 2.